The number of carbonyl (C=O) groups excluding carboxylic acids is 1. The predicted molar refractivity (Wildman–Crippen MR) is 74.3 cm³/mol. The molecule has 1 fully saturated rings. The average Bonchev–Trinajstić information content (AvgIpc) is 2.72. The first-order valence-corrected chi connectivity index (χ1v) is 7.41. The minimum atomic E-state index is 0.247. The first kappa shape index (κ1) is 12.6. The molecule has 0 bridgehead atoms. The van der Waals surface area contributed by atoms with Gasteiger partial charge in [0, 0.05) is 30.3 Å². The number of fused-ring (bicyclic) bond motifs is 1. The van der Waals surface area contributed by atoms with Gasteiger partial charge in [0.25, 0.3) is 0 Å². The molecule has 1 saturated heterocycles. The number of aromatic nitrogens is 2. The SMILES string of the molecule is O=CC1CCN(c2ncnc3c2CCCCC3)CC1. The molecular weight excluding hydrogens is 238 g/mol. The van der Waals surface area contributed by atoms with E-state index in [1.807, 2.05) is 0 Å². The van der Waals surface area contributed by atoms with Crippen LogP contribution < -0.4 is 4.90 Å². The summed E-state index contributed by atoms with van der Waals surface area (Å²) in [6.45, 7) is 1.90. The summed E-state index contributed by atoms with van der Waals surface area (Å²) in [4.78, 5) is 22.2. The highest BCUT2D eigenvalue weighted by atomic mass is 16.1. The molecule has 3 rings (SSSR count). The van der Waals surface area contributed by atoms with Gasteiger partial charge in [0.15, 0.2) is 0 Å². The highest BCUT2D eigenvalue weighted by Gasteiger charge is 2.23. The van der Waals surface area contributed by atoms with E-state index in [1.54, 1.807) is 6.33 Å². The lowest BCUT2D eigenvalue weighted by Gasteiger charge is -2.32. The van der Waals surface area contributed by atoms with Crippen LogP contribution >= 0.6 is 0 Å². The Labute approximate surface area is 114 Å². The highest BCUT2D eigenvalue weighted by Crippen LogP contribution is 2.29. The van der Waals surface area contributed by atoms with Crippen LogP contribution in [0.5, 0.6) is 0 Å². The van der Waals surface area contributed by atoms with Crippen LogP contribution in [0.2, 0.25) is 0 Å². The number of aryl methyl sites for hydroxylation is 1. The summed E-state index contributed by atoms with van der Waals surface area (Å²) in [5.41, 5.74) is 2.62. The molecule has 0 amide bonds. The van der Waals surface area contributed by atoms with E-state index in [1.165, 1.54) is 30.5 Å². The Balaban J connectivity index is 1.83. The zero-order chi connectivity index (χ0) is 13.1. The largest absolute Gasteiger partial charge is 0.356 e. The van der Waals surface area contributed by atoms with Crippen molar-refractivity contribution < 1.29 is 4.79 Å². The van der Waals surface area contributed by atoms with E-state index in [-0.39, 0.29) is 5.92 Å². The molecule has 102 valence electrons. The normalized spacial score (nSPS) is 20.7. The Kier molecular flexibility index (Phi) is 3.76. The summed E-state index contributed by atoms with van der Waals surface area (Å²) in [5.74, 6) is 1.38. The third kappa shape index (κ3) is 2.62. The van der Waals surface area contributed by atoms with Crippen molar-refractivity contribution in [2.75, 3.05) is 18.0 Å². The summed E-state index contributed by atoms with van der Waals surface area (Å²) in [5, 5.41) is 0. The first-order valence-electron chi connectivity index (χ1n) is 7.41. The third-order valence-corrected chi connectivity index (χ3v) is 4.38. The van der Waals surface area contributed by atoms with Crippen molar-refractivity contribution in [3.8, 4) is 0 Å². The van der Waals surface area contributed by atoms with Crippen molar-refractivity contribution >= 4 is 12.1 Å². The van der Waals surface area contributed by atoms with Gasteiger partial charge < -0.3 is 9.69 Å². The van der Waals surface area contributed by atoms with Crippen LogP contribution in [0.3, 0.4) is 0 Å². The summed E-state index contributed by atoms with van der Waals surface area (Å²) in [7, 11) is 0. The van der Waals surface area contributed by atoms with Crippen molar-refractivity contribution in [3.63, 3.8) is 0 Å². The molecule has 0 unspecified atom stereocenters. The second-order valence-corrected chi connectivity index (χ2v) is 5.64. The van der Waals surface area contributed by atoms with Crippen molar-refractivity contribution in [2.45, 2.75) is 44.9 Å². The van der Waals surface area contributed by atoms with Crippen LogP contribution in [0.1, 0.15) is 43.4 Å². The standard InChI is InChI=1S/C15H21N3O/c19-10-12-6-8-18(9-7-12)15-13-4-2-1-3-5-14(13)16-11-17-15/h10-12H,1-9H2. The molecule has 0 N–H and O–H groups in total. The maximum absolute atomic E-state index is 10.8. The molecular formula is C15H21N3O. The van der Waals surface area contributed by atoms with Gasteiger partial charge in [-0.25, -0.2) is 9.97 Å². The molecule has 0 radical (unpaired) electrons. The highest BCUT2D eigenvalue weighted by molar-refractivity contribution is 5.55. The summed E-state index contributed by atoms with van der Waals surface area (Å²) >= 11 is 0. The maximum Gasteiger partial charge on any atom is 0.135 e. The van der Waals surface area contributed by atoms with Crippen LogP contribution in [-0.2, 0) is 17.6 Å². The number of aldehydes is 1. The summed E-state index contributed by atoms with van der Waals surface area (Å²) < 4.78 is 0. The number of rotatable bonds is 2. The van der Waals surface area contributed by atoms with Gasteiger partial charge >= 0.3 is 0 Å². The Morgan fingerprint density at radius 2 is 1.89 bits per heavy atom. The molecule has 0 atom stereocenters. The zero-order valence-corrected chi connectivity index (χ0v) is 11.3. The third-order valence-electron chi connectivity index (χ3n) is 4.38. The zero-order valence-electron chi connectivity index (χ0n) is 11.3. The minimum Gasteiger partial charge on any atom is -0.356 e. The van der Waals surface area contributed by atoms with Gasteiger partial charge in [-0.3, -0.25) is 0 Å². The van der Waals surface area contributed by atoms with Crippen LogP contribution in [-0.4, -0.2) is 29.3 Å². The Morgan fingerprint density at radius 3 is 2.68 bits per heavy atom. The van der Waals surface area contributed by atoms with Gasteiger partial charge in [-0.1, -0.05) is 6.42 Å². The summed E-state index contributed by atoms with van der Waals surface area (Å²) in [6.07, 6.45) is 10.7. The number of nitrogens with zero attached hydrogens (tertiary/aromatic N) is 3. The Bertz CT molecular complexity index is 453. The first-order chi connectivity index (χ1) is 9.38. The monoisotopic (exact) mass is 259 g/mol. The van der Waals surface area contributed by atoms with Gasteiger partial charge in [-0.05, 0) is 38.5 Å². The number of hydrogen-bond donors (Lipinski definition) is 0. The topological polar surface area (TPSA) is 46.1 Å². The molecule has 1 aliphatic carbocycles. The molecule has 0 aromatic carbocycles. The fourth-order valence-electron chi connectivity index (χ4n) is 3.20. The lowest BCUT2D eigenvalue weighted by Crippen LogP contribution is -2.35. The van der Waals surface area contributed by atoms with Gasteiger partial charge in [-0.15, -0.1) is 0 Å². The van der Waals surface area contributed by atoms with Gasteiger partial charge in [-0.2, -0.15) is 0 Å². The molecule has 1 aliphatic heterocycles. The van der Waals surface area contributed by atoms with E-state index in [9.17, 15) is 4.79 Å². The molecule has 0 saturated carbocycles. The molecule has 0 spiro atoms. The van der Waals surface area contributed by atoms with Crippen molar-refractivity contribution in [2.24, 2.45) is 5.92 Å². The number of piperidine rings is 1. The smallest absolute Gasteiger partial charge is 0.135 e. The lowest BCUT2D eigenvalue weighted by molar-refractivity contribution is -0.111. The number of carbonyl (C=O) groups is 1. The fourth-order valence-corrected chi connectivity index (χ4v) is 3.20. The summed E-state index contributed by atoms with van der Waals surface area (Å²) in [6, 6.07) is 0. The molecule has 1 aromatic rings. The van der Waals surface area contributed by atoms with Gasteiger partial charge in [0.1, 0.15) is 18.4 Å². The van der Waals surface area contributed by atoms with Crippen LogP contribution in [0.25, 0.3) is 0 Å². The van der Waals surface area contributed by atoms with E-state index >= 15 is 0 Å². The molecule has 4 nitrogen and oxygen atoms in total. The Morgan fingerprint density at radius 1 is 1.11 bits per heavy atom. The lowest BCUT2D eigenvalue weighted by atomic mass is 9.98. The minimum absolute atomic E-state index is 0.247. The van der Waals surface area contributed by atoms with E-state index in [0.717, 1.165) is 50.9 Å². The van der Waals surface area contributed by atoms with Crippen LogP contribution in [0, 0.1) is 5.92 Å². The van der Waals surface area contributed by atoms with E-state index in [2.05, 4.69) is 14.9 Å². The molecule has 2 heterocycles. The van der Waals surface area contributed by atoms with Crippen molar-refractivity contribution in [3.05, 3.63) is 17.6 Å². The number of hydrogen-bond acceptors (Lipinski definition) is 4. The molecule has 2 aliphatic rings. The quantitative estimate of drug-likeness (QED) is 0.603. The van der Waals surface area contributed by atoms with Crippen molar-refractivity contribution in [1.29, 1.82) is 0 Å². The van der Waals surface area contributed by atoms with Crippen molar-refractivity contribution in [1.82, 2.24) is 9.97 Å². The van der Waals surface area contributed by atoms with Crippen LogP contribution in [0.4, 0.5) is 5.82 Å². The number of anilines is 1. The second kappa shape index (κ2) is 5.68. The van der Waals surface area contributed by atoms with Gasteiger partial charge in [0.05, 0.1) is 0 Å². The molecule has 1 aromatic heterocycles. The Hall–Kier alpha value is -1.45. The fraction of sp³-hybridized carbons (Fsp3) is 0.667. The van der Waals surface area contributed by atoms with E-state index in [0.29, 0.717) is 0 Å². The maximum atomic E-state index is 10.8. The van der Waals surface area contributed by atoms with E-state index < -0.39 is 0 Å². The molecule has 19 heavy (non-hydrogen) atoms. The van der Waals surface area contributed by atoms with E-state index in [4.69, 9.17) is 0 Å². The second-order valence-electron chi connectivity index (χ2n) is 5.64. The van der Waals surface area contributed by atoms with Crippen LogP contribution in [0.15, 0.2) is 6.33 Å². The molecule has 4 heteroatoms. The predicted octanol–water partition coefficient (Wildman–Crippen LogP) is 2.16. The average molecular weight is 259 g/mol. The van der Waals surface area contributed by atoms with Gasteiger partial charge in [0.2, 0.25) is 0 Å².